The fraction of sp³-hybridized carbons (Fsp3) is 0.300. The number of carbonyl (C=O) groups is 2. The minimum Gasteiger partial charge on any atom is -0.326 e. The highest BCUT2D eigenvalue weighted by molar-refractivity contribution is 6.04. The molecule has 6 heteroatoms. The number of hydrogen-bond acceptors (Lipinski definition) is 2. The average molecular weight is 356 g/mol. The van der Waals surface area contributed by atoms with Gasteiger partial charge in [-0.2, -0.15) is 0 Å². The first kappa shape index (κ1) is 18.1. The van der Waals surface area contributed by atoms with E-state index in [-0.39, 0.29) is 36.6 Å². The van der Waals surface area contributed by atoms with Crippen molar-refractivity contribution in [2.75, 3.05) is 23.8 Å². The minimum atomic E-state index is -0.269. The second-order valence-corrected chi connectivity index (χ2v) is 6.82. The van der Waals surface area contributed by atoms with Crippen molar-refractivity contribution in [1.82, 2.24) is 0 Å². The Morgan fingerprint density at radius 1 is 1.23 bits per heavy atom. The summed E-state index contributed by atoms with van der Waals surface area (Å²) in [5, 5.41) is 2.86. The quantitative estimate of drug-likeness (QED) is 0.874. The van der Waals surface area contributed by atoms with Gasteiger partial charge in [-0.25, -0.2) is 4.39 Å². The molecule has 2 atom stereocenters. The summed E-state index contributed by atoms with van der Waals surface area (Å²) in [6, 6.07) is 13.5. The zero-order chi connectivity index (χ0) is 18.7. The highest BCUT2D eigenvalue weighted by Crippen LogP contribution is 2.30. The second-order valence-electron chi connectivity index (χ2n) is 6.82. The van der Waals surface area contributed by atoms with Gasteiger partial charge in [0.1, 0.15) is 12.4 Å². The number of rotatable bonds is 4. The van der Waals surface area contributed by atoms with Gasteiger partial charge in [0.15, 0.2) is 6.54 Å². The largest absolute Gasteiger partial charge is 0.326 e. The summed E-state index contributed by atoms with van der Waals surface area (Å²) in [6.07, 6.45) is 0.261. The van der Waals surface area contributed by atoms with Crippen LogP contribution in [0, 0.1) is 5.82 Å². The molecule has 1 aliphatic rings. The van der Waals surface area contributed by atoms with Gasteiger partial charge in [0.05, 0.1) is 18.4 Å². The number of nitrogens with zero attached hydrogens (tertiary/aromatic N) is 1. The number of fused-ring (bicyclic) bond motifs is 1. The average Bonchev–Trinajstić information content (AvgIpc) is 2.71. The lowest BCUT2D eigenvalue weighted by molar-refractivity contribution is -0.885. The molecule has 2 N–H and O–H groups in total. The van der Waals surface area contributed by atoms with Crippen LogP contribution < -0.4 is 15.1 Å². The molecule has 0 aromatic heterocycles. The molecule has 0 saturated carbocycles. The summed E-state index contributed by atoms with van der Waals surface area (Å²) in [5.74, 6) is -0.400. The van der Waals surface area contributed by atoms with Crippen LogP contribution in [0.4, 0.5) is 15.8 Å². The Morgan fingerprint density at radius 2 is 1.92 bits per heavy atom. The van der Waals surface area contributed by atoms with Crippen LogP contribution in [0.15, 0.2) is 48.5 Å². The number of amides is 2. The lowest BCUT2D eigenvalue weighted by Crippen LogP contribution is -3.09. The maximum absolute atomic E-state index is 13.0. The van der Waals surface area contributed by atoms with E-state index in [1.165, 1.54) is 12.1 Å². The molecule has 5 nitrogen and oxygen atoms in total. The van der Waals surface area contributed by atoms with Gasteiger partial charge in [-0.1, -0.05) is 24.3 Å². The molecule has 2 amide bonds. The van der Waals surface area contributed by atoms with Gasteiger partial charge in [0.2, 0.25) is 5.91 Å². The lowest BCUT2D eigenvalue weighted by Gasteiger charge is -2.28. The Labute approximate surface area is 152 Å². The van der Waals surface area contributed by atoms with Crippen LogP contribution in [0.2, 0.25) is 0 Å². The summed E-state index contributed by atoms with van der Waals surface area (Å²) < 4.78 is 13.0. The molecule has 1 heterocycles. The third-order valence-electron chi connectivity index (χ3n) is 4.50. The van der Waals surface area contributed by atoms with Crippen molar-refractivity contribution in [3.05, 3.63) is 59.9 Å². The smallest absolute Gasteiger partial charge is 0.282 e. The van der Waals surface area contributed by atoms with Crippen molar-refractivity contribution in [1.29, 1.82) is 0 Å². The summed E-state index contributed by atoms with van der Waals surface area (Å²) in [7, 11) is 1.93. The van der Waals surface area contributed by atoms with Crippen LogP contribution in [-0.2, 0) is 16.1 Å². The van der Waals surface area contributed by atoms with E-state index in [9.17, 15) is 14.0 Å². The molecule has 2 aromatic carbocycles. The standard InChI is InChI=1S/C20H22FN3O2/c1-14-11-19(25)22-17-5-3-4-6-18(17)24(14)20(26)13-23(2)12-15-7-9-16(21)10-8-15/h3-10,14H,11-13H2,1-2H3,(H,22,25)/p+1/t14-/m1/s1. The van der Waals surface area contributed by atoms with E-state index < -0.39 is 0 Å². The molecule has 2 aromatic rings. The third kappa shape index (κ3) is 4.08. The maximum atomic E-state index is 13.0. The molecule has 1 unspecified atom stereocenters. The lowest BCUT2D eigenvalue weighted by atomic mass is 10.1. The van der Waals surface area contributed by atoms with Crippen molar-refractivity contribution in [2.45, 2.75) is 25.9 Å². The fourth-order valence-electron chi connectivity index (χ4n) is 3.32. The number of hydrogen-bond donors (Lipinski definition) is 2. The van der Waals surface area contributed by atoms with Crippen LogP contribution in [0.25, 0.3) is 0 Å². The summed E-state index contributed by atoms with van der Waals surface area (Å²) >= 11 is 0. The van der Waals surface area contributed by atoms with Crippen molar-refractivity contribution in [3.63, 3.8) is 0 Å². The first-order valence-electron chi connectivity index (χ1n) is 8.70. The monoisotopic (exact) mass is 356 g/mol. The van der Waals surface area contributed by atoms with Crippen LogP contribution in [0.5, 0.6) is 0 Å². The minimum absolute atomic E-state index is 0.0407. The molecule has 0 aliphatic carbocycles. The van der Waals surface area contributed by atoms with Gasteiger partial charge >= 0.3 is 0 Å². The van der Waals surface area contributed by atoms with Crippen LogP contribution >= 0.6 is 0 Å². The first-order chi connectivity index (χ1) is 12.4. The first-order valence-corrected chi connectivity index (χ1v) is 8.70. The molecule has 3 rings (SSSR count). The van der Waals surface area contributed by atoms with Gasteiger partial charge in [0, 0.05) is 18.0 Å². The Morgan fingerprint density at radius 3 is 2.65 bits per heavy atom. The molecule has 0 fully saturated rings. The summed E-state index contributed by atoms with van der Waals surface area (Å²) in [5.41, 5.74) is 2.36. The van der Waals surface area contributed by atoms with Gasteiger partial charge in [0.25, 0.3) is 5.91 Å². The number of para-hydroxylation sites is 2. The van der Waals surface area contributed by atoms with Crippen molar-refractivity contribution in [2.24, 2.45) is 0 Å². The molecule has 136 valence electrons. The molecular formula is C20H23FN3O2+. The molecular weight excluding hydrogens is 333 g/mol. The summed E-state index contributed by atoms with van der Waals surface area (Å²) in [6.45, 7) is 2.78. The van der Waals surface area contributed by atoms with Gasteiger partial charge in [-0.3, -0.25) is 9.59 Å². The maximum Gasteiger partial charge on any atom is 0.282 e. The van der Waals surface area contributed by atoms with Crippen molar-refractivity contribution >= 4 is 23.2 Å². The van der Waals surface area contributed by atoms with Crippen LogP contribution in [0.1, 0.15) is 18.9 Å². The van der Waals surface area contributed by atoms with Crippen LogP contribution in [-0.4, -0.2) is 31.4 Å². The van der Waals surface area contributed by atoms with Gasteiger partial charge in [-0.05, 0) is 31.2 Å². The van der Waals surface area contributed by atoms with E-state index in [1.807, 2.05) is 32.2 Å². The Bertz CT molecular complexity index is 807. The van der Waals surface area contributed by atoms with Gasteiger partial charge < -0.3 is 15.1 Å². The number of benzene rings is 2. The SMILES string of the molecule is C[C@@H]1CC(=O)Nc2ccccc2N1C(=O)C[NH+](C)Cc1ccc(F)cc1. The van der Waals surface area contributed by atoms with E-state index in [0.717, 1.165) is 16.2 Å². The van der Waals surface area contributed by atoms with E-state index in [0.29, 0.717) is 12.2 Å². The van der Waals surface area contributed by atoms with E-state index in [2.05, 4.69) is 5.32 Å². The number of carbonyl (C=O) groups excluding carboxylic acids is 2. The molecule has 0 bridgehead atoms. The number of anilines is 2. The number of nitrogens with one attached hydrogen (secondary N) is 2. The Hall–Kier alpha value is -2.73. The molecule has 0 saturated heterocycles. The molecule has 0 spiro atoms. The number of likely N-dealkylation sites (N-methyl/N-ethyl adjacent to an activating group) is 1. The fourth-order valence-corrected chi connectivity index (χ4v) is 3.32. The van der Waals surface area contributed by atoms with Crippen molar-refractivity contribution < 1.29 is 18.9 Å². The summed E-state index contributed by atoms with van der Waals surface area (Å²) in [4.78, 5) is 27.7. The molecule has 1 aliphatic heterocycles. The Kier molecular flexibility index (Phi) is 5.32. The molecule has 26 heavy (non-hydrogen) atoms. The predicted octanol–water partition coefficient (Wildman–Crippen LogP) is 1.60. The number of halogens is 1. The van der Waals surface area contributed by atoms with E-state index in [4.69, 9.17) is 0 Å². The van der Waals surface area contributed by atoms with E-state index in [1.54, 1.807) is 23.1 Å². The second kappa shape index (κ2) is 7.66. The highest BCUT2D eigenvalue weighted by Gasteiger charge is 2.30. The normalized spacial score (nSPS) is 17.9. The third-order valence-corrected chi connectivity index (χ3v) is 4.50. The zero-order valence-electron chi connectivity index (χ0n) is 15.0. The van der Waals surface area contributed by atoms with E-state index >= 15 is 0 Å². The zero-order valence-corrected chi connectivity index (χ0v) is 15.0. The van der Waals surface area contributed by atoms with Crippen LogP contribution in [0.3, 0.4) is 0 Å². The van der Waals surface area contributed by atoms with Gasteiger partial charge in [-0.15, -0.1) is 0 Å². The molecule has 0 radical (unpaired) electrons. The highest BCUT2D eigenvalue weighted by atomic mass is 19.1. The predicted molar refractivity (Wildman–Crippen MR) is 98.5 cm³/mol. The van der Waals surface area contributed by atoms with Crippen molar-refractivity contribution in [3.8, 4) is 0 Å². The topological polar surface area (TPSA) is 53.9 Å². The Balaban J connectivity index is 1.75. The number of quaternary nitrogens is 1.